The van der Waals surface area contributed by atoms with Gasteiger partial charge < -0.3 is 15.5 Å². The minimum absolute atomic E-state index is 0.0357. The second-order valence-corrected chi connectivity index (χ2v) is 8.17. The molecule has 2 amide bonds. The van der Waals surface area contributed by atoms with Crippen molar-refractivity contribution in [3.8, 4) is 0 Å². The highest BCUT2D eigenvalue weighted by Crippen LogP contribution is 2.40. The van der Waals surface area contributed by atoms with Crippen LogP contribution in [0.15, 0.2) is 35.5 Å². The number of carbonyl (C=O) groups excluding carboxylic acids is 2. The van der Waals surface area contributed by atoms with Gasteiger partial charge in [-0.1, -0.05) is 11.2 Å². The number of nitrogens with one attached hydrogen (secondary N) is 2. The standard InChI is InChI=1S/C23H18F11N3O3/c1-10-5-12(3-4-14(10)20(39)35-8-17(38)36-9-21(26,27)28)11(2)37-40-19(23(32,33)34)15-6-13(22(29,30)31)7-16(24)18(15)25/h3-7,19H,8-9H2,1-2H3,(H,35,39)(H,36,38)/b37-11+. The van der Waals surface area contributed by atoms with Gasteiger partial charge >= 0.3 is 18.5 Å². The summed E-state index contributed by atoms with van der Waals surface area (Å²) in [6, 6.07) is 2.95. The Morgan fingerprint density at radius 2 is 1.57 bits per heavy atom. The second kappa shape index (κ2) is 12.1. The molecule has 0 radical (unpaired) electrons. The number of halogens is 11. The Labute approximate surface area is 218 Å². The molecule has 0 bridgehead atoms. The lowest BCUT2D eigenvalue weighted by molar-refractivity contribution is -0.225. The zero-order valence-corrected chi connectivity index (χ0v) is 20.2. The van der Waals surface area contributed by atoms with Crippen molar-refractivity contribution in [2.45, 2.75) is 38.5 Å². The third kappa shape index (κ3) is 8.81. The smallest absolute Gasteiger partial charge is 0.377 e. The minimum atomic E-state index is -5.52. The lowest BCUT2D eigenvalue weighted by Gasteiger charge is -2.21. The largest absolute Gasteiger partial charge is 0.432 e. The number of rotatable bonds is 8. The number of alkyl halides is 9. The van der Waals surface area contributed by atoms with E-state index in [2.05, 4.69) is 15.3 Å². The van der Waals surface area contributed by atoms with Crippen LogP contribution in [0.2, 0.25) is 0 Å². The van der Waals surface area contributed by atoms with Crippen molar-refractivity contribution in [1.82, 2.24) is 10.6 Å². The molecule has 0 heterocycles. The summed E-state index contributed by atoms with van der Waals surface area (Å²) in [5, 5.41) is 6.82. The molecule has 6 nitrogen and oxygen atoms in total. The van der Waals surface area contributed by atoms with Crippen molar-refractivity contribution in [3.05, 3.63) is 69.8 Å². The molecule has 0 fully saturated rings. The van der Waals surface area contributed by atoms with Crippen LogP contribution < -0.4 is 10.6 Å². The van der Waals surface area contributed by atoms with Gasteiger partial charge in [0.1, 0.15) is 6.54 Å². The van der Waals surface area contributed by atoms with E-state index >= 15 is 0 Å². The normalized spacial score (nSPS) is 13.6. The fourth-order valence-electron chi connectivity index (χ4n) is 3.10. The van der Waals surface area contributed by atoms with Gasteiger partial charge in [-0.2, -0.15) is 39.5 Å². The predicted molar refractivity (Wildman–Crippen MR) is 116 cm³/mol. The van der Waals surface area contributed by atoms with Crippen LogP contribution in [0.1, 0.15) is 45.6 Å². The maximum absolute atomic E-state index is 14.1. The molecule has 2 rings (SSSR count). The highest BCUT2D eigenvalue weighted by atomic mass is 19.4. The molecule has 0 saturated carbocycles. The van der Waals surface area contributed by atoms with Gasteiger partial charge in [-0.15, -0.1) is 0 Å². The van der Waals surface area contributed by atoms with Crippen molar-refractivity contribution in [2.24, 2.45) is 5.16 Å². The molecule has 2 N–H and O–H groups in total. The fourth-order valence-corrected chi connectivity index (χ4v) is 3.10. The van der Waals surface area contributed by atoms with Crippen LogP contribution in [0.3, 0.4) is 0 Å². The summed E-state index contributed by atoms with van der Waals surface area (Å²) < 4.78 is 144. The van der Waals surface area contributed by atoms with Crippen molar-refractivity contribution >= 4 is 17.5 Å². The Morgan fingerprint density at radius 3 is 2.10 bits per heavy atom. The van der Waals surface area contributed by atoms with Crippen LogP contribution in [0.5, 0.6) is 0 Å². The van der Waals surface area contributed by atoms with Gasteiger partial charge in [0.05, 0.1) is 17.8 Å². The number of hydrogen-bond donors (Lipinski definition) is 2. The zero-order chi connectivity index (χ0) is 30.6. The maximum atomic E-state index is 14.1. The summed E-state index contributed by atoms with van der Waals surface area (Å²) >= 11 is 0. The Morgan fingerprint density at radius 1 is 0.950 bits per heavy atom. The summed E-state index contributed by atoms with van der Waals surface area (Å²) in [5.74, 6) is -6.42. The highest BCUT2D eigenvalue weighted by Gasteiger charge is 2.47. The van der Waals surface area contributed by atoms with Crippen molar-refractivity contribution in [1.29, 1.82) is 0 Å². The first-order chi connectivity index (χ1) is 18.2. The van der Waals surface area contributed by atoms with Crippen molar-refractivity contribution < 1.29 is 62.7 Å². The highest BCUT2D eigenvalue weighted by molar-refractivity contribution is 6.01. The summed E-state index contributed by atoms with van der Waals surface area (Å²) in [6.07, 6.45) is -18.9. The molecule has 1 unspecified atom stereocenters. The van der Waals surface area contributed by atoms with E-state index in [0.717, 1.165) is 19.1 Å². The van der Waals surface area contributed by atoms with E-state index in [1.165, 1.54) is 13.0 Å². The summed E-state index contributed by atoms with van der Waals surface area (Å²) in [4.78, 5) is 28.0. The van der Waals surface area contributed by atoms with Gasteiger partial charge in [0.2, 0.25) is 12.0 Å². The third-order valence-electron chi connectivity index (χ3n) is 5.04. The number of hydrogen-bond acceptors (Lipinski definition) is 4. The number of carbonyl (C=O) groups is 2. The first kappa shape index (κ1) is 32.3. The van der Waals surface area contributed by atoms with E-state index in [1.807, 2.05) is 0 Å². The van der Waals surface area contributed by atoms with E-state index in [9.17, 15) is 57.9 Å². The average molecular weight is 593 g/mol. The molecule has 0 spiro atoms. The van der Waals surface area contributed by atoms with Gasteiger partial charge in [0.15, 0.2) is 11.6 Å². The Hall–Kier alpha value is -3.92. The number of aryl methyl sites for hydroxylation is 1. The minimum Gasteiger partial charge on any atom is -0.377 e. The molecular weight excluding hydrogens is 575 g/mol. The molecule has 220 valence electrons. The quantitative estimate of drug-likeness (QED) is 0.233. The van der Waals surface area contributed by atoms with Crippen LogP contribution in [0.25, 0.3) is 0 Å². The van der Waals surface area contributed by atoms with E-state index in [4.69, 9.17) is 0 Å². The molecule has 17 heteroatoms. The monoisotopic (exact) mass is 593 g/mol. The number of oxime groups is 1. The molecule has 0 aliphatic rings. The van der Waals surface area contributed by atoms with Crippen molar-refractivity contribution in [2.75, 3.05) is 13.1 Å². The van der Waals surface area contributed by atoms with Crippen LogP contribution in [-0.4, -0.2) is 43.0 Å². The molecule has 0 aliphatic heterocycles. The Kier molecular flexibility index (Phi) is 9.75. The summed E-state index contributed by atoms with van der Waals surface area (Å²) in [5.41, 5.74) is -3.87. The Bertz CT molecular complexity index is 1290. The molecule has 0 aromatic heterocycles. The summed E-state index contributed by atoms with van der Waals surface area (Å²) in [6.45, 7) is 0.0577. The first-order valence-electron chi connectivity index (χ1n) is 10.8. The van der Waals surface area contributed by atoms with Crippen LogP contribution in [0, 0.1) is 18.6 Å². The molecule has 0 saturated heterocycles. The topological polar surface area (TPSA) is 79.8 Å². The van der Waals surface area contributed by atoms with Crippen LogP contribution in [-0.2, 0) is 15.8 Å². The zero-order valence-electron chi connectivity index (χ0n) is 20.2. The predicted octanol–water partition coefficient (Wildman–Crippen LogP) is 5.74. The van der Waals surface area contributed by atoms with E-state index in [-0.39, 0.29) is 34.5 Å². The van der Waals surface area contributed by atoms with E-state index < -0.39 is 72.3 Å². The van der Waals surface area contributed by atoms with Crippen LogP contribution >= 0.6 is 0 Å². The van der Waals surface area contributed by atoms with Gasteiger partial charge in [-0.3, -0.25) is 9.59 Å². The van der Waals surface area contributed by atoms with Gasteiger partial charge in [-0.05, 0) is 49.2 Å². The molecule has 1 atom stereocenters. The molecule has 2 aromatic carbocycles. The number of amides is 2. The number of nitrogens with zero attached hydrogens (tertiary/aromatic N) is 1. The lowest BCUT2D eigenvalue weighted by Crippen LogP contribution is -2.41. The molecule has 2 aromatic rings. The molecular formula is C23H18F11N3O3. The van der Waals surface area contributed by atoms with Gasteiger partial charge in [0, 0.05) is 11.1 Å². The average Bonchev–Trinajstić information content (AvgIpc) is 2.81. The SMILES string of the molecule is C/C(=N\OC(c1cc(C(F)(F)F)cc(F)c1F)C(F)(F)F)c1ccc(C(=O)NCC(=O)NCC(F)(F)F)c(C)c1. The third-order valence-corrected chi connectivity index (χ3v) is 5.04. The first-order valence-corrected chi connectivity index (χ1v) is 10.8. The second-order valence-electron chi connectivity index (χ2n) is 8.17. The molecule has 40 heavy (non-hydrogen) atoms. The molecule has 0 aliphatic carbocycles. The fraction of sp³-hybridized carbons (Fsp3) is 0.348. The van der Waals surface area contributed by atoms with Gasteiger partial charge in [0.25, 0.3) is 5.91 Å². The lowest BCUT2D eigenvalue weighted by atomic mass is 10.0. The maximum Gasteiger partial charge on any atom is 0.432 e. The van der Waals surface area contributed by atoms with Gasteiger partial charge in [-0.25, -0.2) is 8.78 Å². The van der Waals surface area contributed by atoms with E-state index in [0.29, 0.717) is 0 Å². The van der Waals surface area contributed by atoms with Crippen molar-refractivity contribution in [3.63, 3.8) is 0 Å². The number of benzene rings is 2. The van der Waals surface area contributed by atoms with E-state index in [1.54, 1.807) is 5.32 Å². The summed E-state index contributed by atoms with van der Waals surface area (Å²) in [7, 11) is 0. The van der Waals surface area contributed by atoms with Crippen LogP contribution in [0.4, 0.5) is 48.3 Å². The Balaban J connectivity index is 2.24.